The molecular formula is C21H25N5O3S. The van der Waals surface area contributed by atoms with Gasteiger partial charge in [-0.05, 0) is 50.7 Å². The van der Waals surface area contributed by atoms with Crippen molar-refractivity contribution in [3.63, 3.8) is 0 Å². The van der Waals surface area contributed by atoms with Crippen LogP contribution in [0.3, 0.4) is 0 Å². The van der Waals surface area contributed by atoms with Crippen LogP contribution < -0.4 is 5.56 Å². The molecule has 9 heteroatoms. The second kappa shape index (κ2) is 8.53. The van der Waals surface area contributed by atoms with Gasteiger partial charge in [-0.25, -0.2) is 4.68 Å². The van der Waals surface area contributed by atoms with Crippen LogP contribution >= 0.6 is 12.2 Å². The van der Waals surface area contributed by atoms with Gasteiger partial charge < -0.3 is 4.74 Å². The van der Waals surface area contributed by atoms with Gasteiger partial charge in [-0.2, -0.15) is 0 Å². The number of aromatic nitrogens is 4. The molecule has 158 valence electrons. The van der Waals surface area contributed by atoms with Crippen LogP contribution in [0.25, 0.3) is 16.7 Å². The molecule has 1 aliphatic heterocycles. The molecule has 4 rings (SSSR count). The van der Waals surface area contributed by atoms with E-state index in [4.69, 9.17) is 17.0 Å². The summed E-state index contributed by atoms with van der Waals surface area (Å²) in [5, 5.41) is 5.26. The number of benzene rings is 1. The number of allylic oxidation sites excluding steroid dienone is 1. The first-order valence-corrected chi connectivity index (χ1v) is 10.6. The fourth-order valence-corrected chi connectivity index (χ4v) is 4.36. The molecule has 2 aromatic heterocycles. The number of ether oxygens (including phenoxy) is 1. The fraction of sp³-hybridized carbons (Fsp3) is 0.429. The van der Waals surface area contributed by atoms with E-state index in [0.717, 1.165) is 24.9 Å². The van der Waals surface area contributed by atoms with E-state index in [1.807, 2.05) is 29.5 Å². The highest BCUT2D eigenvalue weighted by atomic mass is 32.1. The number of carbonyl (C=O) groups is 1. The first-order chi connectivity index (χ1) is 14.5. The van der Waals surface area contributed by atoms with Crippen LogP contribution in [0, 0.1) is 10.7 Å². The Morgan fingerprint density at radius 2 is 2.20 bits per heavy atom. The summed E-state index contributed by atoms with van der Waals surface area (Å²) in [6.45, 7) is 8.23. The van der Waals surface area contributed by atoms with Gasteiger partial charge in [-0.3, -0.25) is 23.5 Å². The molecule has 0 amide bonds. The summed E-state index contributed by atoms with van der Waals surface area (Å²) in [4.78, 5) is 27.3. The lowest BCUT2D eigenvalue weighted by molar-refractivity contribution is -0.150. The molecule has 1 atom stereocenters. The van der Waals surface area contributed by atoms with Crippen molar-refractivity contribution in [3.05, 3.63) is 52.0 Å². The summed E-state index contributed by atoms with van der Waals surface area (Å²) in [5.74, 6) is 0.207. The van der Waals surface area contributed by atoms with Crippen molar-refractivity contribution < 1.29 is 9.53 Å². The highest BCUT2D eigenvalue weighted by Crippen LogP contribution is 2.20. The number of piperidine rings is 1. The summed E-state index contributed by atoms with van der Waals surface area (Å²) in [6.07, 6.45) is 3.41. The van der Waals surface area contributed by atoms with Crippen molar-refractivity contribution in [1.29, 1.82) is 0 Å². The summed E-state index contributed by atoms with van der Waals surface area (Å²) >= 11 is 5.74. The van der Waals surface area contributed by atoms with Gasteiger partial charge in [0.25, 0.3) is 5.56 Å². The van der Waals surface area contributed by atoms with Gasteiger partial charge in [0, 0.05) is 13.1 Å². The molecule has 0 spiro atoms. The van der Waals surface area contributed by atoms with Crippen LogP contribution in [0.5, 0.6) is 0 Å². The Bertz CT molecular complexity index is 1230. The fourth-order valence-electron chi connectivity index (χ4n) is 4.08. The molecule has 1 aliphatic rings. The Morgan fingerprint density at radius 3 is 2.97 bits per heavy atom. The Hall–Kier alpha value is -2.78. The highest BCUT2D eigenvalue weighted by molar-refractivity contribution is 7.71. The molecule has 1 aromatic carbocycles. The molecule has 30 heavy (non-hydrogen) atoms. The summed E-state index contributed by atoms with van der Waals surface area (Å²) in [7, 11) is 0. The molecule has 0 N–H and O–H groups in total. The molecule has 3 aromatic rings. The maximum absolute atomic E-state index is 13.0. The molecule has 1 fully saturated rings. The minimum Gasteiger partial charge on any atom is -0.466 e. The third-order valence-electron chi connectivity index (χ3n) is 5.46. The second-order valence-electron chi connectivity index (χ2n) is 7.45. The Labute approximate surface area is 179 Å². The smallest absolute Gasteiger partial charge is 0.310 e. The predicted octanol–water partition coefficient (Wildman–Crippen LogP) is 2.60. The molecule has 3 heterocycles. The zero-order valence-electron chi connectivity index (χ0n) is 17.0. The lowest BCUT2D eigenvalue weighted by Crippen LogP contribution is -2.40. The zero-order valence-corrected chi connectivity index (χ0v) is 17.8. The monoisotopic (exact) mass is 427 g/mol. The largest absolute Gasteiger partial charge is 0.466 e. The van der Waals surface area contributed by atoms with Crippen LogP contribution in [-0.2, 0) is 22.7 Å². The van der Waals surface area contributed by atoms with E-state index in [1.165, 1.54) is 0 Å². The second-order valence-corrected chi connectivity index (χ2v) is 7.81. The minimum absolute atomic E-state index is 0.120. The average molecular weight is 428 g/mol. The van der Waals surface area contributed by atoms with Gasteiger partial charge in [0.05, 0.1) is 30.1 Å². The number of likely N-dealkylation sites (tertiary alicyclic amines) is 1. The van der Waals surface area contributed by atoms with E-state index in [9.17, 15) is 9.59 Å². The van der Waals surface area contributed by atoms with Crippen LogP contribution in [-0.4, -0.2) is 49.3 Å². The average Bonchev–Trinajstić information content (AvgIpc) is 3.07. The first kappa shape index (κ1) is 20.5. The topological polar surface area (TPSA) is 73.8 Å². The van der Waals surface area contributed by atoms with Gasteiger partial charge in [-0.15, -0.1) is 11.7 Å². The molecule has 0 saturated carbocycles. The van der Waals surface area contributed by atoms with Gasteiger partial charge in [0.1, 0.15) is 0 Å². The molecule has 1 unspecified atom stereocenters. The maximum Gasteiger partial charge on any atom is 0.310 e. The molecule has 1 saturated heterocycles. The van der Waals surface area contributed by atoms with E-state index in [0.29, 0.717) is 42.3 Å². The summed E-state index contributed by atoms with van der Waals surface area (Å²) in [6, 6.07) is 7.39. The Kier molecular flexibility index (Phi) is 5.83. The number of nitrogens with zero attached hydrogens (tertiary/aromatic N) is 5. The number of carbonyl (C=O) groups excluding carboxylic acids is 1. The maximum atomic E-state index is 13.0. The van der Waals surface area contributed by atoms with Crippen LogP contribution in [0.15, 0.2) is 41.7 Å². The van der Waals surface area contributed by atoms with Gasteiger partial charge >= 0.3 is 5.97 Å². The highest BCUT2D eigenvalue weighted by Gasteiger charge is 2.27. The van der Waals surface area contributed by atoms with Crippen molar-refractivity contribution in [1.82, 2.24) is 23.6 Å². The van der Waals surface area contributed by atoms with Gasteiger partial charge in [0.2, 0.25) is 10.5 Å². The molecule has 8 nitrogen and oxygen atoms in total. The Balaban J connectivity index is 1.75. The quantitative estimate of drug-likeness (QED) is 0.342. The van der Waals surface area contributed by atoms with Crippen LogP contribution in [0.1, 0.15) is 19.8 Å². The van der Waals surface area contributed by atoms with Gasteiger partial charge in [0.15, 0.2) is 0 Å². The molecular weight excluding hydrogens is 402 g/mol. The number of para-hydroxylation sites is 1. The summed E-state index contributed by atoms with van der Waals surface area (Å²) in [5.41, 5.74) is 0.614. The molecule has 0 radical (unpaired) electrons. The van der Waals surface area contributed by atoms with Crippen molar-refractivity contribution in [3.8, 4) is 0 Å². The normalized spacial score (nSPS) is 17.4. The Morgan fingerprint density at radius 1 is 1.40 bits per heavy atom. The lowest BCUT2D eigenvalue weighted by Gasteiger charge is -2.30. The number of hydrogen-bond donors (Lipinski definition) is 0. The summed E-state index contributed by atoms with van der Waals surface area (Å²) < 4.78 is 10.9. The minimum atomic E-state index is -0.147. The van der Waals surface area contributed by atoms with Crippen molar-refractivity contribution >= 4 is 34.9 Å². The van der Waals surface area contributed by atoms with Crippen molar-refractivity contribution in [2.24, 2.45) is 5.92 Å². The van der Waals surface area contributed by atoms with E-state index in [-0.39, 0.29) is 17.4 Å². The third kappa shape index (κ3) is 3.59. The van der Waals surface area contributed by atoms with E-state index in [1.54, 1.807) is 21.4 Å². The standard InChI is InChI=1S/C21H25N5O3S/c1-3-11-24-18(27)16-9-5-6-10-17(16)26-20(24)22-25(21(26)30)14-23-12-7-8-15(13-23)19(28)29-4-2/h3,5-6,9-10,15H,1,4,7-8,11-14H2,2H3. The lowest BCUT2D eigenvalue weighted by atomic mass is 9.99. The van der Waals surface area contributed by atoms with Crippen molar-refractivity contribution in [2.75, 3.05) is 19.7 Å². The van der Waals surface area contributed by atoms with Gasteiger partial charge in [-0.1, -0.05) is 18.2 Å². The zero-order chi connectivity index (χ0) is 21.3. The third-order valence-corrected chi connectivity index (χ3v) is 5.85. The molecule has 0 aliphatic carbocycles. The predicted molar refractivity (Wildman–Crippen MR) is 117 cm³/mol. The number of esters is 1. The van der Waals surface area contributed by atoms with Crippen LogP contribution in [0.4, 0.5) is 0 Å². The van der Waals surface area contributed by atoms with E-state index < -0.39 is 0 Å². The van der Waals surface area contributed by atoms with Crippen molar-refractivity contribution in [2.45, 2.75) is 33.0 Å². The first-order valence-electron chi connectivity index (χ1n) is 10.2. The van der Waals surface area contributed by atoms with E-state index >= 15 is 0 Å². The SMILES string of the molecule is C=CCn1c(=O)c2ccccc2n2c(=S)n(CN3CCCC(C(=O)OCC)C3)nc12. The molecule has 0 bridgehead atoms. The van der Waals surface area contributed by atoms with Crippen LogP contribution in [0.2, 0.25) is 0 Å². The number of hydrogen-bond acceptors (Lipinski definition) is 6. The van der Waals surface area contributed by atoms with E-state index in [2.05, 4.69) is 16.6 Å². The number of rotatable bonds is 6. The number of fused-ring (bicyclic) bond motifs is 3.